The molecule has 3 amide bonds. The highest BCUT2D eigenvalue weighted by atomic mass is 16.6. The van der Waals surface area contributed by atoms with Crippen LogP contribution in [0.3, 0.4) is 0 Å². The summed E-state index contributed by atoms with van der Waals surface area (Å²) in [6, 6.07) is 15.7. The fraction of sp³-hybridized carbons (Fsp3) is 0.463. The van der Waals surface area contributed by atoms with Gasteiger partial charge >= 0.3 is 12.1 Å². The minimum atomic E-state index is -0.559. The maximum absolute atomic E-state index is 13.9. The molecule has 2 aromatic carbocycles. The van der Waals surface area contributed by atoms with E-state index in [1.165, 1.54) is 0 Å². The Morgan fingerprint density at radius 3 is 1.98 bits per heavy atom. The van der Waals surface area contributed by atoms with E-state index in [1.54, 1.807) is 24.0 Å². The van der Waals surface area contributed by atoms with Crippen LogP contribution in [0.5, 0.6) is 11.5 Å². The second kappa shape index (κ2) is 17.0. The maximum atomic E-state index is 13.9. The van der Waals surface area contributed by atoms with Crippen molar-refractivity contribution in [1.82, 2.24) is 30.2 Å². The number of benzene rings is 2. The molecule has 15 heteroatoms. The second-order valence-corrected chi connectivity index (χ2v) is 15.2. The average molecular weight is 766 g/mol. The van der Waals surface area contributed by atoms with E-state index in [2.05, 4.69) is 15.1 Å². The van der Waals surface area contributed by atoms with Gasteiger partial charge in [-0.2, -0.15) is 4.98 Å². The third-order valence-electron chi connectivity index (χ3n) is 10.1. The van der Waals surface area contributed by atoms with Crippen LogP contribution in [-0.4, -0.2) is 109 Å². The molecule has 0 radical (unpaired) electrons. The van der Waals surface area contributed by atoms with Crippen molar-refractivity contribution in [2.75, 3.05) is 74.9 Å². The largest absolute Gasteiger partial charge is 0.497 e. The van der Waals surface area contributed by atoms with Crippen LogP contribution in [0.15, 0.2) is 60.9 Å². The van der Waals surface area contributed by atoms with Crippen molar-refractivity contribution in [1.29, 1.82) is 0 Å². The summed E-state index contributed by atoms with van der Waals surface area (Å²) in [5.41, 5.74) is 3.94. The Morgan fingerprint density at radius 2 is 1.43 bits per heavy atom. The Balaban J connectivity index is 1.13. The monoisotopic (exact) mass is 765 g/mol. The summed E-state index contributed by atoms with van der Waals surface area (Å²) in [4.78, 5) is 54.0. The van der Waals surface area contributed by atoms with E-state index in [9.17, 15) is 9.59 Å². The highest BCUT2D eigenvalue weighted by molar-refractivity contribution is 5.94. The molecule has 3 aliphatic heterocycles. The van der Waals surface area contributed by atoms with Crippen molar-refractivity contribution in [3.8, 4) is 22.8 Å². The highest BCUT2D eigenvalue weighted by Gasteiger charge is 2.34. The van der Waals surface area contributed by atoms with Crippen molar-refractivity contribution in [3.05, 3.63) is 77.6 Å². The Hall–Kier alpha value is -5.70. The zero-order valence-electron chi connectivity index (χ0n) is 32.9. The summed E-state index contributed by atoms with van der Waals surface area (Å²) < 4.78 is 21.9. The van der Waals surface area contributed by atoms with Gasteiger partial charge in [0.05, 0.1) is 33.1 Å². The molecule has 0 atom stereocenters. The molecule has 4 aromatic rings. The van der Waals surface area contributed by atoms with Gasteiger partial charge in [0.1, 0.15) is 22.9 Å². The normalized spacial score (nSPS) is 16.0. The van der Waals surface area contributed by atoms with Gasteiger partial charge in [-0.25, -0.2) is 24.5 Å². The van der Waals surface area contributed by atoms with Gasteiger partial charge in [0.2, 0.25) is 11.9 Å². The molecular formula is C41H51N9O6. The van der Waals surface area contributed by atoms with E-state index < -0.39 is 5.60 Å². The summed E-state index contributed by atoms with van der Waals surface area (Å²) in [7, 11) is 3.31. The third kappa shape index (κ3) is 9.21. The molecule has 7 rings (SSSR count). The van der Waals surface area contributed by atoms with Gasteiger partial charge in [-0.15, -0.1) is 0 Å². The number of morpholine rings is 1. The van der Waals surface area contributed by atoms with Crippen molar-refractivity contribution < 1.29 is 28.5 Å². The first kappa shape index (κ1) is 38.6. The molecule has 0 saturated carbocycles. The molecular weight excluding hydrogens is 715 g/mol. The first-order valence-electron chi connectivity index (χ1n) is 19.2. The topological polar surface area (TPSA) is 148 Å². The number of methoxy groups -OCH3 is 2. The van der Waals surface area contributed by atoms with E-state index in [4.69, 9.17) is 38.9 Å². The summed E-state index contributed by atoms with van der Waals surface area (Å²) in [5.74, 6) is 3.28. The Kier molecular flexibility index (Phi) is 11.7. The maximum Gasteiger partial charge on any atom is 0.410 e. The number of fused-ring (bicyclic) bond motifs is 1. The molecule has 15 nitrogen and oxygen atoms in total. The number of hydrogen-bond acceptors (Lipinski definition) is 12. The summed E-state index contributed by atoms with van der Waals surface area (Å²) in [6.07, 6.45) is 5.15. The first-order chi connectivity index (χ1) is 27.1. The number of ether oxygens (including phenoxy) is 4. The van der Waals surface area contributed by atoms with Crippen LogP contribution in [0.4, 0.5) is 27.3 Å². The first-order valence-corrected chi connectivity index (χ1v) is 19.2. The molecule has 2 fully saturated rings. The summed E-state index contributed by atoms with van der Waals surface area (Å²) >= 11 is 0. The number of likely N-dealkylation sites (tertiary alicyclic amines) is 1. The van der Waals surface area contributed by atoms with Gasteiger partial charge in [0, 0.05) is 75.4 Å². The van der Waals surface area contributed by atoms with Crippen molar-refractivity contribution in [2.45, 2.75) is 64.8 Å². The van der Waals surface area contributed by atoms with Gasteiger partial charge in [-0.1, -0.05) is 24.3 Å². The van der Waals surface area contributed by atoms with Crippen molar-refractivity contribution in [3.63, 3.8) is 0 Å². The number of nitrogens with zero attached hydrogens (tertiary/aromatic N) is 8. The van der Waals surface area contributed by atoms with Crippen LogP contribution in [0.1, 0.15) is 50.3 Å². The van der Waals surface area contributed by atoms with E-state index in [1.807, 2.05) is 81.7 Å². The van der Waals surface area contributed by atoms with Gasteiger partial charge in [-0.05, 0) is 75.4 Å². The molecule has 5 heterocycles. The van der Waals surface area contributed by atoms with Crippen LogP contribution in [0.25, 0.3) is 11.3 Å². The number of carbonyl (C=O) groups excluding carboxylic acids is 2. The van der Waals surface area contributed by atoms with E-state index in [0.717, 1.165) is 33.8 Å². The zero-order chi connectivity index (χ0) is 39.2. The number of carbonyl (C=O) groups is 2. The van der Waals surface area contributed by atoms with Crippen molar-refractivity contribution in [2.24, 2.45) is 0 Å². The highest BCUT2D eigenvalue weighted by Crippen LogP contribution is 2.36. The molecule has 2 saturated heterocycles. The van der Waals surface area contributed by atoms with E-state index >= 15 is 0 Å². The standard InChI is InChI=1S/C41H51N9O6/c1-41(2,3)56-40(52)48-17-14-31(15-18-48)44-39(51)50-19-16-34-35(45-38(46-36(34)50)47-20-22-55-23-21-47)30-24-42-37(43-25-30)49(26-28-6-10-32(53-4)11-7-28)27-29-8-12-33(54-5)13-9-29/h6-13,24-25,31H,14-23,26-27H2,1-5H3,(H,44,51). The molecule has 56 heavy (non-hydrogen) atoms. The smallest absolute Gasteiger partial charge is 0.410 e. The lowest BCUT2D eigenvalue weighted by Gasteiger charge is -2.34. The minimum absolute atomic E-state index is 0.0787. The number of piperidine rings is 1. The predicted octanol–water partition coefficient (Wildman–Crippen LogP) is 5.47. The fourth-order valence-electron chi connectivity index (χ4n) is 7.08. The number of urea groups is 1. The lowest BCUT2D eigenvalue weighted by Crippen LogP contribution is -2.50. The lowest BCUT2D eigenvalue weighted by atomic mass is 10.1. The fourth-order valence-corrected chi connectivity index (χ4v) is 7.08. The Labute approximate surface area is 327 Å². The molecule has 0 spiro atoms. The lowest BCUT2D eigenvalue weighted by molar-refractivity contribution is 0.0201. The van der Waals surface area contributed by atoms with Crippen molar-refractivity contribution >= 4 is 29.8 Å². The van der Waals surface area contributed by atoms with Crippen LogP contribution in [0, 0.1) is 0 Å². The molecule has 3 aliphatic rings. The van der Waals surface area contributed by atoms with Crippen LogP contribution in [0.2, 0.25) is 0 Å². The van der Waals surface area contributed by atoms with Crippen LogP contribution >= 0.6 is 0 Å². The van der Waals surface area contributed by atoms with Gasteiger partial charge in [0.15, 0.2) is 0 Å². The zero-order valence-corrected chi connectivity index (χ0v) is 32.9. The number of anilines is 3. The average Bonchev–Trinajstić information content (AvgIpc) is 3.65. The van der Waals surface area contributed by atoms with Gasteiger partial charge in [0.25, 0.3) is 0 Å². The second-order valence-electron chi connectivity index (χ2n) is 15.2. The Bertz CT molecular complexity index is 1910. The van der Waals surface area contributed by atoms with Gasteiger partial charge < -0.3 is 39.0 Å². The molecule has 0 aliphatic carbocycles. The molecule has 0 unspecified atom stereocenters. The predicted molar refractivity (Wildman–Crippen MR) is 212 cm³/mol. The summed E-state index contributed by atoms with van der Waals surface area (Å²) in [6.45, 7) is 10.6. The molecule has 296 valence electrons. The summed E-state index contributed by atoms with van der Waals surface area (Å²) in [5, 5.41) is 3.21. The molecule has 0 bridgehead atoms. The molecule has 2 aromatic heterocycles. The van der Waals surface area contributed by atoms with Crippen LogP contribution in [-0.2, 0) is 29.0 Å². The molecule has 1 N–H and O–H groups in total. The number of amides is 3. The third-order valence-corrected chi connectivity index (χ3v) is 10.1. The van der Waals surface area contributed by atoms with E-state index in [0.29, 0.717) is 102 Å². The number of hydrogen-bond donors (Lipinski definition) is 1. The number of aromatic nitrogens is 4. The van der Waals surface area contributed by atoms with Gasteiger partial charge in [-0.3, -0.25) is 4.90 Å². The Morgan fingerprint density at radius 1 is 0.839 bits per heavy atom. The minimum Gasteiger partial charge on any atom is -0.497 e. The number of nitrogens with one attached hydrogen (secondary N) is 1. The quantitative estimate of drug-likeness (QED) is 0.219. The number of rotatable bonds is 10. The SMILES string of the molecule is COc1ccc(CN(Cc2ccc(OC)cc2)c2ncc(-c3nc(N4CCOCC4)nc4c3CCN4C(=O)NC3CCN(C(=O)OC(C)(C)C)CC3)cn2)cc1. The van der Waals surface area contributed by atoms with Crippen LogP contribution < -0.4 is 29.5 Å². The van der Waals surface area contributed by atoms with E-state index in [-0.39, 0.29) is 18.2 Å².